The van der Waals surface area contributed by atoms with Crippen LogP contribution in [0.2, 0.25) is 5.02 Å². The van der Waals surface area contributed by atoms with Gasteiger partial charge in [-0.25, -0.2) is 8.42 Å². The molecule has 0 spiro atoms. The van der Waals surface area contributed by atoms with Gasteiger partial charge in [0.2, 0.25) is 0 Å². The number of anilines is 1. The number of hydrogen-bond acceptors (Lipinski definition) is 3. The van der Waals surface area contributed by atoms with Gasteiger partial charge in [-0.15, -0.1) is 0 Å². The van der Waals surface area contributed by atoms with Gasteiger partial charge in [0.15, 0.2) is 9.84 Å². The van der Waals surface area contributed by atoms with Crippen molar-refractivity contribution in [1.82, 2.24) is 0 Å². The third-order valence-electron chi connectivity index (χ3n) is 2.66. The molecule has 2 aromatic rings. The van der Waals surface area contributed by atoms with Crippen molar-refractivity contribution in [3.63, 3.8) is 0 Å². The Morgan fingerprint density at radius 2 is 1.86 bits per heavy atom. The van der Waals surface area contributed by atoms with Crippen molar-refractivity contribution < 1.29 is 13.2 Å². The minimum absolute atomic E-state index is 0.0689. The van der Waals surface area contributed by atoms with Gasteiger partial charge in [0.05, 0.1) is 10.6 Å². The lowest BCUT2D eigenvalue weighted by atomic mass is 10.2. The van der Waals surface area contributed by atoms with E-state index in [1.54, 1.807) is 24.3 Å². The number of halogens is 2. The number of hydrogen-bond donors (Lipinski definition) is 1. The molecule has 0 aliphatic rings. The molecule has 21 heavy (non-hydrogen) atoms. The Hall–Kier alpha value is -1.37. The molecule has 0 fully saturated rings. The second kappa shape index (κ2) is 6.17. The largest absolute Gasteiger partial charge is 0.321 e. The summed E-state index contributed by atoms with van der Waals surface area (Å²) in [5, 5.41) is 3.00. The molecule has 110 valence electrons. The smallest absolute Gasteiger partial charge is 0.255 e. The van der Waals surface area contributed by atoms with Crippen LogP contribution in [0.25, 0.3) is 0 Å². The lowest BCUT2D eigenvalue weighted by molar-refractivity contribution is 0.102. The van der Waals surface area contributed by atoms with Gasteiger partial charge in [-0.1, -0.05) is 39.7 Å². The number of rotatable bonds is 3. The molecule has 2 rings (SSSR count). The maximum absolute atomic E-state index is 12.2. The van der Waals surface area contributed by atoms with Crippen LogP contribution in [0, 0.1) is 0 Å². The summed E-state index contributed by atoms with van der Waals surface area (Å²) < 4.78 is 24.1. The Morgan fingerprint density at radius 1 is 1.19 bits per heavy atom. The Kier molecular flexibility index (Phi) is 4.70. The fourth-order valence-corrected chi connectivity index (χ4v) is 3.48. The normalized spacial score (nSPS) is 11.2. The molecule has 0 aliphatic heterocycles. The highest BCUT2D eigenvalue weighted by Gasteiger charge is 2.15. The lowest BCUT2D eigenvalue weighted by Crippen LogP contribution is -2.14. The third-order valence-corrected chi connectivity index (χ3v) is 4.49. The number of benzene rings is 2. The minimum Gasteiger partial charge on any atom is -0.321 e. The van der Waals surface area contributed by atoms with Crippen molar-refractivity contribution in [1.29, 1.82) is 0 Å². The van der Waals surface area contributed by atoms with E-state index in [0.717, 1.165) is 6.26 Å². The molecule has 2 aromatic carbocycles. The van der Waals surface area contributed by atoms with E-state index in [9.17, 15) is 13.2 Å². The summed E-state index contributed by atoms with van der Waals surface area (Å²) in [7, 11) is -3.43. The number of carbonyl (C=O) groups excluding carboxylic acids is 1. The zero-order chi connectivity index (χ0) is 15.6. The molecule has 0 saturated carbocycles. The molecule has 7 heteroatoms. The van der Waals surface area contributed by atoms with Crippen LogP contribution in [0.1, 0.15) is 10.4 Å². The molecule has 1 N–H and O–H groups in total. The van der Waals surface area contributed by atoms with Gasteiger partial charge in [0, 0.05) is 21.3 Å². The lowest BCUT2D eigenvalue weighted by Gasteiger charge is -2.10. The zero-order valence-electron chi connectivity index (χ0n) is 10.9. The molecule has 0 heterocycles. The number of carbonyl (C=O) groups is 1. The Morgan fingerprint density at radius 3 is 2.48 bits per heavy atom. The number of nitrogens with one attached hydrogen (secondary N) is 1. The predicted octanol–water partition coefficient (Wildman–Crippen LogP) is 3.76. The van der Waals surface area contributed by atoms with Crippen molar-refractivity contribution in [2.45, 2.75) is 4.90 Å². The van der Waals surface area contributed by atoms with E-state index in [-0.39, 0.29) is 10.6 Å². The maximum Gasteiger partial charge on any atom is 0.255 e. The van der Waals surface area contributed by atoms with Crippen LogP contribution >= 0.6 is 27.5 Å². The van der Waals surface area contributed by atoms with Crippen molar-refractivity contribution >= 4 is 49.0 Å². The highest BCUT2D eigenvalue weighted by molar-refractivity contribution is 9.10. The third kappa shape index (κ3) is 4.06. The van der Waals surface area contributed by atoms with Crippen molar-refractivity contribution in [3.05, 3.63) is 57.5 Å². The molecule has 0 aliphatic carbocycles. The topological polar surface area (TPSA) is 63.2 Å². The molecular weight excluding hydrogens is 378 g/mol. The monoisotopic (exact) mass is 387 g/mol. The van der Waals surface area contributed by atoms with Crippen LogP contribution in [0.4, 0.5) is 5.69 Å². The molecule has 0 unspecified atom stereocenters. The second-order valence-electron chi connectivity index (χ2n) is 4.38. The van der Waals surface area contributed by atoms with E-state index in [1.165, 1.54) is 18.2 Å². The summed E-state index contributed by atoms with van der Waals surface area (Å²) in [5.41, 5.74) is 0.568. The molecule has 0 saturated heterocycles. The predicted molar refractivity (Wildman–Crippen MR) is 86.7 cm³/mol. The second-order valence-corrected chi connectivity index (χ2v) is 7.72. The van der Waals surface area contributed by atoms with Gasteiger partial charge in [0.25, 0.3) is 5.91 Å². The summed E-state index contributed by atoms with van der Waals surface area (Å²) in [4.78, 5) is 12.3. The highest BCUT2D eigenvalue weighted by Crippen LogP contribution is 2.23. The molecule has 4 nitrogen and oxygen atoms in total. The molecule has 0 radical (unpaired) electrons. The van der Waals surface area contributed by atoms with Crippen LogP contribution in [0.5, 0.6) is 0 Å². The van der Waals surface area contributed by atoms with E-state index in [1.807, 2.05) is 0 Å². The average molecular weight is 389 g/mol. The molecule has 0 bridgehead atoms. The molecule has 1 amide bonds. The van der Waals surface area contributed by atoms with Gasteiger partial charge >= 0.3 is 0 Å². The number of amides is 1. The zero-order valence-corrected chi connectivity index (χ0v) is 14.1. The van der Waals surface area contributed by atoms with E-state index >= 15 is 0 Å². The van der Waals surface area contributed by atoms with Gasteiger partial charge in [-0.2, -0.15) is 0 Å². The van der Waals surface area contributed by atoms with Crippen molar-refractivity contribution in [3.8, 4) is 0 Å². The van der Waals surface area contributed by atoms with Gasteiger partial charge in [0.1, 0.15) is 0 Å². The fourth-order valence-electron chi connectivity index (χ4n) is 1.77. The van der Waals surface area contributed by atoms with Gasteiger partial charge in [-0.3, -0.25) is 4.79 Å². The van der Waals surface area contributed by atoms with Crippen LogP contribution in [0.15, 0.2) is 51.8 Å². The average Bonchev–Trinajstić information content (AvgIpc) is 2.37. The highest BCUT2D eigenvalue weighted by atomic mass is 79.9. The van der Waals surface area contributed by atoms with E-state index in [4.69, 9.17) is 11.6 Å². The summed E-state index contributed by atoms with van der Waals surface area (Å²) >= 11 is 9.15. The van der Waals surface area contributed by atoms with E-state index in [2.05, 4.69) is 21.2 Å². The summed E-state index contributed by atoms with van der Waals surface area (Å²) in [6, 6.07) is 11.0. The van der Waals surface area contributed by atoms with Crippen LogP contribution in [-0.4, -0.2) is 20.6 Å². The van der Waals surface area contributed by atoms with E-state index in [0.29, 0.717) is 15.1 Å². The van der Waals surface area contributed by atoms with Crippen molar-refractivity contribution in [2.75, 3.05) is 11.6 Å². The summed E-state index contributed by atoms with van der Waals surface area (Å²) in [6.45, 7) is 0. The molecular formula is C14H11BrClNO3S. The Labute approximate surface area is 136 Å². The Balaban J connectivity index is 2.37. The first-order valence-corrected chi connectivity index (χ1v) is 8.90. The van der Waals surface area contributed by atoms with Crippen LogP contribution < -0.4 is 5.32 Å². The van der Waals surface area contributed by atoms with E-state index < -0.39 is 15.7 Å². The fraction of sp³-hybridized carbons (Fsp3) is 0.0714. The first-order chi connectivity index (χ1) is 9.77. The standard InChI is InChI=1S/C14H11BrClNO3S/c1-21(19,20)13-5-3-2-4-12(13)17-14(18)9-6-10(15)8-11(16)7-9/h2-8H,1H3,(H,17,18). The SMILES string of the molecule is CS(=O)(=O)c1ccccc1NC(=O)c1cc(Cl)cc(Br)c1. The van der Waals surface area contributed by atoms with Crippen LogP contribution in [0.3, 0.4) is 0 Å². The first-order valence-electron chi connectivity index (χ1n) is 5.84. The van der Waals surface area contributed by atoms with Gasteiger partial charge in [-0.05, 0) is 30.3 Å². The van der Waals surface area contributed by atoms with Gasteiger partial charge < -0.3 is 5.32 Å². The maximum atomic E-state index is 12.2. The van der Waals surface area contributed by atoms with Crippen molar-refractivity contribution in [2.24, 2.45) is 0 Å². The molecule has 0 atom stereocenters. The summed E-state index contributed by atoms with van der Waals surface area (Å²) in [5.74, 6) is -0.436. The van der Waals surface area contributed by atoms with Crippen LogP contribution in [-0.2, 0) is 9.84 Å². The Bertz CT molecular complexity index is 785. The quantitative estimate of drug-likeness (QED) is 0.871. The summed E-state index contributed by atoms with van der Waals surface area (Å²) in [6.07, 6.45) is 1.09. The number of sulfone groups is 1. The first kappa shape index (κ1) is 16.0. The molecule has 0 aromatic heterocycles. The minimum atomic E-state index is -3.43. The number of para-hydroxylation sites is 1.